The standard InChI is InChI=1S/C26H26N2O6S/c1-26(2)22(25(32)33)28-23(31)21(24(28)35-26)27(17-9-4-3-5-10-17)19(29)14-20(30)34-18-12-11-15-7-6-8-16(15)13-18/h3-5,9-13,21-22,24H,6-8,14H2,1-2H3,(H,32,33)/t21?,22?,24-/m1/s1. The number of hydrogen-bond donors (Lipinski definition) is 1. The first-order valence-corrected chi connectivity index (χ1v) is 12.5. The Morgan fingerprint density at radius 3 is 2.54 bits per heavy atom. The normalized spacial score (nSPS) is 23.8. The number of nitrogens with zero attached hydrogens (tertiary/aromatic N) is 2. The summed E-state index contributed by atoms with van der Waals surface area (Å²) in [5.41, 5.74) is 2.88. The number of aliphatic carboxylic acids is 1. The van der Waals surface area contributed by atoms with E-state index in [-0.39, 0.29) is 0 Å². The number of carbonyl (C=O) groups is 4. The highest BCUT2D eigenvalue weighted by Gasteiger charge is 2.66. The number of carbonyl (C=O) groups excluding carboxylic acids is 3. The number of ether oxygens (including phenoxy) is 1. The number of aryl methyl sites for hydroxylation is 2. The molecule has 0 spiro atoms. The van der Waals surface area contributed by atoms with Crippen LogP contribution >= 0.6 is 11.8 Å². The molecule has 0 saturated carbocycles. The summed E-state index contributed by atoms with van der Waals surface area (Å²) in [4.78, 5) is 53.8. The molecule has 2 aromatic rings. The van der Waals surface area contributed by atoms with Crippen molar-refractivity contribution in [3.8, 4) is 5.75 Å². The molecule has 2 heterocycles. The first-order valence-electron chi connectivity index (χ1n) is 11.6. The Labute approximate surface area is 207 Å². The van der Waals surface area contributed by atoms with Crippen LogP contribution in [0.15, 0.2) is 48.5 Å². The van der Waals surface area contributed by atoms with Crippen molar-refractivity contribution in [3.63, 3.8) is 0 Å². The second-order valence-electron chi connectivity index (χ2n) is 9.58. The highest BCUT2D eigenvalue weighted by Crippen LogP contribution is 2.52. The smallest absolute Gasteiger partial charge is 0.327 e. The van der Waals surface area contributed by atoms with Crippen LogP contribution < -0.4 is 9.64 Å². The second-order valence-corrected chi connectivity index (χ2v) is 11.3. The van der Waals surface area contributed by atoms with Gasteiger partial charge in [0.25, 0.3) is 5.91 Å². The molecule has 2 aromatic carbocycles. The molecule has 35 heavy (non-hydrogen) atoms. The fourth-order valence-corrected chi connectivity index (χ4v) is 6.94. The van der Waals surface area contributed by atoms with Gasteiger partial charge in [-0.25, -0.2) is 4.79 Å². The van der Waals surface area contributed by atoms with Gasteiger partial charge in [-0.3, -0.25) is 19.3 Å². The van der Waals surface area contributed by atoms with Crippen LogP contribution in [0, 0.1) is 0 Å². The van der Waals surface area contributed by atoms with E-state index < -0.39 is 52.4 Å². The number of anilines is 1. The molecule has 1 aliphatic carbocycles. The predicted molar refractivity (Wildman–Crippen MR) is 130 cm³/mol. The van der Waals surface area contributed by atoms with Crippen molar-refractivity contribution in [2.75, 3.05) is 4.90 Å². The van der Waals surface area contributed by atoms with Crippen molar-refractivity contribution in [2.45, 2.75) is 61.7 Å². The van der Waals surface area contributed by atoms with E-state index in [1.165, 1.54) is 27.1 Å². The van der Waals surface area contributed by atoms with Gasteiger partial charge in [-0.15, -0.1) is 11.8 Å². The van der Waals surface area contributed by atoms with E-state index in [0.29, 0.717) is 11.4 Å². The molecule has 2 fully saturated rings. The third-order valence-corrected chi connectivity index (χ3v) is 8.38. The molecule has 0 bridgehead atoms. The number of benzene rings is 2. The van der Waals surface area contributed by atoms with Crippen LogP contribution in [0.2, 0.25) is 0 Å². The Morgan fingerprint density at radius 1 is 1.11 bits per heavy atom. The summed E-state index contributed by atoms with van der Waals surface area (Å²) < 4.78 is 4.73. The van der Waals surface area contributed by atoms with Crippen molar-refractivity contribution in [2.24, 2.45) is 0 Å². The molecular weight excluding hydrogens is 468 g/mol. The molecule has 2 aliphatic heterocycles. The average Bonchev–Trinajstić information content (AvgIpc) is 3.37. The zero-order valence-corrected chi connectivity index (χ0v) is 20.3. The van der Waals surface area contributed by atoms with E-state index in [4.69, 9.17) is 4.74 Å². The lowest BCUT2D eigenvalue weighted by atomic mass is 9.94. The first kappa shape index (κ1) is 23.4. The van der Waals surface area contributed by atoms with E-state index >= 15 is 0 Å². The van der Waals surface area contributed by atoms with E-state index in [1.807, 2.05) is 12.1 Å². The van der Waals surface area contributed by atoms with Gasteiger partial charge in [0.15, 0.2) is 0 Å². The minimum atomic E-state index is -1.08. The lowest BCUT2D eigenvalue weighted by Crippen LogP contribution is -2.71. The maximum atomic E-state index is 13.4. The summed E-state index contributed by atoms with van der Waals surface area (Å²) >= 11 is 1.35. The molecule has 0 aromatic heterocycles. The fourth-order valence-electron chi connectivity index (χ4n) is 5.27. The van der Waals surface area contributed by atoms with Gasteiger partial charge in [-0.05, 0) is 68.5 Å². The molecule has 2 saturated heterocycles. The van der Waals surface area contributed by atoms with E-state index in [9.17, 15) is 24.3 Å². The highest BCUT2D eigenvalue weighted by atomic mass is 32.2. The van der Waals surface area contributed by atoms with E-state index in [1.54, 1.807) is 50.2 Å². The molecule has 8 nitrogen and oxygen atoms in total. The Bertz CT molecular complexity index is 1210. The summed E-state index contributed by atoms with van der Waals surface area (Å²) in [6.45, 7) is 3.56. The third kappa shape index (κ3) is 4.07. The van der Waals surface area contributed by atoms with Crippen LogP contribution in [-0.2, 0) is 32.0 Å². The van der Waals surface area contributed by atoms with Gasteiger partial charge < -0.3 is 14.7 Å². The minimum absolute atomic E-state index is 0.401. The van der Waals surface area contributed by atoms with E-state index in [0.717, 1.165) is 24.8 Å². The minimum Gasteiger partial charge on any atom is -0.480 e. The monoisotopic (exact) mass is 494 g/mol. The Balaban J connectivity index is 1.36. The van der Waals surface area contributed by atoms with Crippen LogP contribution in [0.1, 0.15) is 37.8 Å². The molecule has 2 unspecified atom stereocenters. The summed E-state index contributed by atoms with van der Waals surface area (Å²) in [5.74, 6) is -2.40. The second kappa shape index (κ2) is 8.71. The maximum absolute atomic E-state index is 13.4. The molecule has 1 N–H and O–H groups in total. The molecule has 2 amide bonds. The molecule has 3 atom stereocenters. The molecule has 5 rings (SSSR count). The van der Waals surface area contributed by atoms with Gasteiger partial charge in [-0.2, -0.15) is 0 Å². The van der Waals surface area contributed by atoms with Crippen molar-refractivity contribution in [1.82, 2.24) is 4.90 Å². The van der Waals surface area contributed by atoms with Crippen molar-refractivity contribution in [1.29, 1.82) is 0 Å². The number of carboxylic acid groups (broad SMARTS) is 1. The predicted octanol–water partition coefficient (Wildman–Crippen LogP) is 3.02. The fraction of sp³-hybridized carbons (Fsp3) is 0.385. The SMILES string of the molecule is CC1(C)S[C@@H]2C(N(C(=O)CC(=O)Oc3ccc4c(c3)CCC4)c3ccccc3)C(=O)N2C1C(=O)O. The zero-order valence-electron chi connectivity index (χ0n) is 19.5. The number of amides is 2. The van der Waals surface area contributed by atoms with Gasteiger partial charge in [0, 0.05) is 10.4 Å². The zero-order chi connectivity index (χ0) is 24.9. The summed E-state index contributed by atoms with van der Waals surface area (Å²) in [5, 5.41) is 9.19. The number of rotatable bonds is 6. The quantitative estimate of drug-likeness (QED) is 0.285. The molecule has 9 heteroatoms. The number of hydrogen-bond acceptors (Lipinski definition) is 6. The largest absolute Gasteiger partial charge is 0.480 e. The van der Waals surface area contributed by atoms with Crippen molar-refractivity contribution < 1.29 is 29.0 Å². The van der Waals surface area contributed by atoms with Crippen LogP contribution in [0.25, 0.3) is 0 Å². The Hall–Kier alpha value is -3.33. The van der Waals surface area contributed by atoms with Gasteiger partial charge >= 0.3 is 11.9 Å². The number of fused-ring (bicyclic) bond motifs is 2. The lowest BCUT2D eigenvalue weighted by molar-refractivity contribution is -0.159. The number of thioether (sulfide) groups is 1. The lowest BCUT2D eigenvalue weighted by Gasteiger charge is -2.48. The van der Waals surface area contributed by atoms with Crippen LogP contribution in [-0.4, -0.2) is 56.0 Å². The number of carboxylic acids is 1. The number of para-hydroxylation sites is 1. The van der Waals surface area contributed by atoms with Crippen LogP contribution in [0.4, 0.5) is 5.69 Å². The summed E-state index contributed by atoms with van der Waals surface area (Å²) in [7, 11) is 0. The van der Waals surface area contributed by atoms with Gasteiger partial charge in [0.2, 0.25) is 5.91 Å². The van der Waals surface area contributed by atoms with Crippen molar-refractivity contribution >= 4 is 41.2 Å². The van der Waals surface area contributed by atoms with Gasteiger partial charge in [0.05, 0.1) is 0 Å². The highest BCUT2D eigenvalue weighted by molar-refractivity contribution is 8.01. The maximum Gasteiger partial charge on any atom is 0.327 e. The molecule has 182 valence electrons. The number of esters is 1. The average molecular weight is 495 g/mol. The topological polar surface area (TPSA) is 104 Å². The van der Waals surface area contributed by atoms with Gasteiger partial charge in [0.1, 0.15) is 29.6 Å². The molecule has 3 aliphatic rings. The van der Waals surface area contributed by atoms with E-state index in [2.05, 4.69) is 0 Å². The summed E-state index contributed by atoms with van der Waals surface area (Å²) in [6, 6.07) is 12.3. The Kier molecular flexibility index (Phi) is 5.83. The summed E-state index contributed by atoms with van der Waals surface area (Å²) in [6.07, 6.45) is 2.48. The van der Waals surface area contributed by atoms with Crippen molar-refractivity contribution in [3.05, 3.63) is 59.7 Å². The number of β-lactam (4-membered cyclic amide) rings is 1. The first-order chi connectivity index (χ1) is 16.7. The molecule has 0 radical (unpaired) electrons. The van der Waals surface area contributed by atoms with Crippen LogP contribution in [0.5, 0.6) is 5.75 Å². The van der Waals surface area contributed by atoms with Gasteiger partial charge in [-0.1, -0.05) is 24.3 Å². The Morgan fingerprint density at radius 2 is 1.83 bits per heavy atom. The van der Waals surface area contributed by atoms with Crippen LogP contribution in [0.3, 0.4) is 0 Å². The third-order valence-electron chi connectivity index (χ3n) is 6.83. The molecular formula is C26H26N2O6S.